The minimum Gasteiger partial charge on any atom is -0.352 e. The quantitative estimate of drug-likeness (QED) is 0.192. The van der Waals surface area contributed by atoms with Gasteiger partial charge in [0.15, 0.2) is 0 Å². The fourth-order valence-corrected chi connectivity index (χ4v) is 6.36. The summed E-state index contributed by atoms with van der Waals surface area (Å²) in [6, 6.07) is 18.0. The summed E-state index contributed by atoms with van der Waals surface area (Å²) in [7, 11) is -3.75. The molecule has 12 heteroatoms. The molecule has 0 unspecified atom stereocenters. The van der Waals surface area contributed by atoms with E-state index in [1.54, 1.807) is 24.3 Å². The number of sulfonamides is 1. The van der Waals surface area contributed by atoms with Crippen molar-refractivity contribution in [2.75, 3.05) is 17.1 Å². The Bertz CT molecular complexity index is 1520. The summed E-state index contributed by atoms with van der Waals surface area (Å²) in [5.41, 5.74) is 1.73. The number of rotatable bonds is 14. The van der Waals surface area contributed by atoms with Crippen LogP contribution in [0.25, 0.3) is 0 Å². The number of nitrogens with one attached hydrogen (secondary N) is 1. The Hall–Kier alpha value is -2.49. The van der Waals surface area contributed by atoms with Gasteiger partial charge in [-0.1, -0.05) is 89.7 Å². The standard InChI is InChI=1S/C31H35Cl4N3O4S/c1-4-21(2)36-31(40)29(17-22-9-6-5-7-10-22)37(20-23-12-13-24(32)18-27(23)35)30(39)11-8-16-38(43(3,41)42)28-19-25(33)14-15-26(28)34/h5-7,9-10,12-15,18-19,21,29H,4,8,11,16-17,20H2,1-3H3,(H,36,40)/t21-,29-/m0/s1. The molecule has 7 nitrogen and oxygen atoms in total. The van der Waals surface area contributed by atoms with Gasteiger partial charge in [0, 0.05) is 47.0 Å². The van der Waals surface area contributed by atoms with E-state index >= 15 is 0 Å². The van der Waals surface area contributed by atoms with Crippen molar-refractivity contribution in [2.45, 2.75) is 58.2 Å². The van der Waals surface area contributed by atoms with Crippen LogP contribution in [0.2, 0.25) is 20.1 Å². The molecular formula is C31H35Cl4N3O4S. The number of amides is 2. The van der Waals surface area contributed by atoms with Crippen LogP contribution in [0.15, 0.2) is 66.7 Å². The molecule has 0 aromatic heterocycles. The molecule has 0 heterocycles. The SMILES string of the molecule is CC[C@H](C)NC(=O)[C@H](Cc1ccccc1)N(Cc1ccc(Cl)cc1Cl)C(=O)CCCN(c1cc(Cl)ccc1Cl)S(C)(=O)=O. The maximum atomic E-state index is 14.0. The van der Waals surface area contributed by atoms with Gasteiger partial charge in [-0.2, -0.15) is 0 Å². The molecule has 2 atom stereocenters. The van der Waals surface area contributed by atoms with Crippen LogP contribution < -0.4 is 9.62 Å². The fourth-order valence-electron chi connectivity index (χ4n) is 4.49. The second kappa shape index (κ2) is 16.0. The predicted octanol–water partition coefficient (Wildman–Crippen LogP) is 7.40. The highest BCUT2D eigenvalue weighted by Crippen LogP contribution is 2.31. The fraction of sp³-hybridized carbons (Fsp3) is 0.355. The Balaban J connectivity index is 1.94. The van der Waals surface area contributed by atoms with Crippen molar-refractivity contribution in [2.24, 2.45) is 0 Å². The lowest BCUT2D eigenvalue weighted by Gasteiger charge is -2.33. The average Bonchev–Trinajstić information content (AvgIpc) is 2.95. The van der Waals surface area contributed by atoms with Gasteiger partial charge in [-0.3, -0.25) is 13.9 Å². The highest BCUT2D eigenvalue weighted by Gasteiger charge is 2.31. The van der Waals surface area contributed by atoms with Crippen LogP contribution in [-0.2, 0) is 32.6 Å². The number of nitrogens with zero attached hydrogens (tertiary/aromatic N) is 2. The predicted molar refractivity (Wildman–Crippen MR) is 177 cm³/mol. The first kappa shape index (κ1) is 35.0. The van der Waals surface area contributed by atoms with Crippen LogP contribution in [0.1, 0.15) is 44.2 Å². The molecule has 0 spiro atoms. The number of carbonyl (C=O) groups excluding carboxylic acids is 2. The number of benzene rings is 3. The van der Waals surface area contributed by atoms with Gasteiger partial charge in [-0.25, -0.2) is 8.42 Å². The van der Waals surface area contributed by atoms with E-state index in [9.17, 15) is 18.0 Å². The molecule has 0 saturated carbocycles. The lowest BCUT2D eigenvalue weighted by molar-refractivity contribution is -0.141. The van der Waals surface area contributed by atoms with E-state index in [4.69, 9.17) is 46.4 Å². The molecule has 0 aliphatic carbocycles. The topological polar surface area (TPSA) is 86.8 Å². The highest BCUT2D eigenvalue weighted by atomic mass is 35.5. The first-order valence-electron chi connectivity index (χ1n) is 13.8. The second-order valence-electron chi connectivity index (χ2n) is 10.3. The Morgan fingerprint density at radius 3 is 2.19 bits per heavy atom. The van der Waals surface area contributed by atoms with Gasteiger partial charge in [0.05, 0.1) is 17.0 Å². The Kier molecular flexibility index (Phi) is 13.0. The molecule has 0 radical (unpaired) electrons. The maximum absolute atomic E-state index is 14.0. The molecule has 2 amide bonds. The zero-order valence-electron chi connectivity index (χ0n) is 24.2. The van der Waals surface area contributed by atoms with Crippen molar-refractivity contribution in [3.05, 3.63) is 97.9 Å². The van der Waals surface area contributed by atoms with E-state index in [0.717, 1.165) is 16.1 Å². The molecule has 0 aliphatic heterocycles. The van der Waals surface area contributed by atoms with Crippen molar-refractivity contribution in [3.63, 3.8) is 0 Å². The normalized spacial score (nSPS) is 12.8. The van der Waals surface area contributed by atoms with E-state index in [1.807, 2.05) is 44.2 Å². The number of hydrogen-bond acceptors (Lipinski definition) is 4. The van der Waals surface area contributed by atoms with Crippen molar-refractivity contribution in [3.8, 4) is 0 Å². The first-order chi connectivity index (χ1) is 20.3. The van der Waals surface area contributed by atoms with E-state index in [2.05, 4.69) is 5.32 Å². The van der Waals surface area contributed by atoms with Gasteiger partial charge in [0.2, 0.25) is 21.8 Å². The van der Waals surface area contributed by atoms with Gasteiger partial charge in [-0.15, -0.1) is 0 Å². The van der Waals surface area contributed by atoms with Crippen LogP contribution in [-0.4, -0.2) is 50.0 Å². The lowest BCUT2D eigenvalue weighted by atomic mass is 10.0. The highest BCUT2D eigenvalue weighted by molar-refractivity contribution is 7.92. The number of hydrogen-bond donors (Lipinski definition) is 1. The summed E-state index contributed by atoms with van der Waals surface area (Å²) >= 11 is 25.0. The molecule has 3 aromatic rings. The summed E-state index contributed by atoms with van der Waals surface area (Å²) < 4.78 is 26.5. The molecule has 232 valence electrons. The van der Waals surface area contributed by atoms with Gasteiger partial charge in [-0.05, 0) is 61.2 Å². The molecule has 0 aliphatic rings. The van der Waals surface area contributed by atoms with Crippen molar-refractivity contribution in [1.82, 2.24) is 10.2 Å². The molecule has 3 rings (SSSR count). The third-order valence-corrected chi connectivity index (χ3v) is 9.28. The first-order valence-corrected chi connectivity index (χ1v) is 17.2. The van der Waals surface area contributed by atoms with Crippen LogP contribution >= 0.6 is 46.4 Å². The van der Waals surface area contributed by atoms with Crippen LogP contribution in [0.3, 0.4) is 0 Å². The summed E-state index contributed by atoms with van der Waals surface area (Å²) in [4.78, 5) is 29.2. The van der Waals surface area contributed by atoms with Gasteiger partial charge >= 0.3 is 0 Å². The summed E-state index contributed by atoms with van der Waals surface area (Å²) in [6.07, 6.45) is 2.17. The zero-order chi connectivity index (χ0) is 31.7. The van der Waals surface area contributed by atoms with Gasteiger partial charge in [0.25, 0.3) is 0 Å². The molecule has 1 N–H and O–H groups in total. The molecule has 0 fully saturated rings. The van der Waals surface area contributed by atoms with Crippen LogP contribution in [0, 0.1) is 0 Å². The molecule has 43 heavy (non-hydrogen) atoms. The number of anilines is 1. The lowest BCUT2D eigenvalue weighted by Crippen LogP contribution is -2.52. The summed E-state index contributed by atoms with van der Waals surface area (Å²) in [5, 5.41) is 4.37. The van der Waals surface area contributed by atoms with E-state index in [0.29, 0.717) is 27.1 Å². The minimum absolute atomic E-state index is 0.0252. The largest absolute Gasteiger partial charge is 0.352 e. The van der Waals surface area contributed by atoms with E-state index in [-0.39, 0.29) is 60.9 Å². The van der Waals surface area contributed by atoms with Crippen LogP contribution in [0.4, 0.5) is 5.69 Å². The van der Waals surface area contributed by atoms with E-state index in [1.165, 1.54) is 17.0 Å². The smallest absolute Gasteiger partial charge is 0.243 e. The Morgan fingerprint density at radius 1 is 0.907 bits per heavy atom. The van der Waals surface area contributed by atoms with Crippen molar-refractivity contribution in [1.29, 1.82) is 0 Å². The zero-order valence-corrected chi connectivity index (χ0v) is 28.0. The Labute approximate surface area is 274 Å². The number of halogens is 4. The average molecular weight is 688 g/mol. The summed E-state index contributed by atoms with van der Waals surface area (Å²) in [6.45, 7) is 3.90. The van der Waals surface area contributed by atoms with E-state index < -0.39 is 16.1 Å². The van der Waals surface area contributed by atoms with Crippen molar-refractivity contribution < 1.29 is 18.0 Å². The molecular weight excluding hydrogens is 652 g/mol. The Morgan fingerprint density at radius 2 is 1.56 bits per heavy atom. The monoisotopic (exact) mass is 685 g/mol. The van der Waals surface area contributed by atoms with Gasteiger partial charge in [0.1, 0.15) is 6.04 Å². The third kappa shape index (κ3) is 10.3. The third-order valence-electron chi connectivity index (χ3n) is 6.96. The molecule has 3 aromatic carbocycles. The number of carbonyl (C=O) groups is 2. The maximum Gasteiger partial charge on any atom is 0.243 e. The molecule has 0 saturated heterocycles. The summed E-state index contributed by atoms with van der Waals surface area (Å²) in [5.74, 6) is -0.628. The second-order valence-corrected chi connectivity index (χ2v) is 13.9. The molecule has 0 bridgehead atoms. The minimum atomic E-state index is -3.75. The van der Waals surface area contributed by atoms with Crippen LogP contribution in [0.5, 0.6) is 0 Å². The van der Waals surface area contributed by atoms with Gasteiger partial charge < -0.3 is 10.2 Å². The van der Waals surface area contributed by atoms with Crippen molar-refractivity contribution >= 4 is 73.9 Å².